The van der Waals surface area contributed by atoms with E-state index in [1.165, 1.54) is 18.2 Å². The van der Waals surface area contributed by atoms with Crippen molar-refractivity contribution in [1.82, 2.24) is 0 Å². The fourth-order valence-electron chi connectivity index (χ4n) is 4.16. The highest BCUT2D eigenvalue weighted by molar-refractivity contribution is 6.13. The Morgan fingerprint density at radius 3 is 2.05 bits per heavy atom. The highest BCUT2D eigenvalue weighted by atomic mass is 16.6. The average molecular weight is 546 g/mol. The van der Waals surface area contributed by atoms with E-state index in [4.69, 9.17) is 0 Å². The molecular weight excluding hydrogens is 522 g/mol. The van der Waals surface area contributed by atoms with Crippen LogP contribution in [-0.2, 0) is 0 Å². The summed E-state index contributed by atoms with van der Waals surface area (Å²) >= 11 is 0. The minimum Gasteiger partial charge on any atom is -0.505 e. The second-order valence-corrected chi connectivity index (χ2v) is 9.13. The molecule has 10 nitrogen and oxygen atoms in total. The van der Waals surface area contributed by atoms with Crippen LogP contribution in [0.4, 0.5) is 28.4 Å². The molecule has 10 heteroatoms. The Hall–Kier alpha value is -5.90. The van der Waals surface area contributed by atoms with E-state index in [0.717, 1.165) is 0 Å². The number of amides is 2. The summed E-state index contributed by atoms with van der Waals surface area (Å²) in [4.78, 5) is 36.9. The summed E-state index contributed by atoms with van der Waals surface area (Å²) in [5, 5.41) is 37.3. The second-order valence-electron chi connectivity index (χ2n) is 9.13. The highest BCUT2D eigenvalue weighted by Crippen LogP contribution is 2.40. The number of para-hydroxylation sites is 2. The number of fused-ring (bicyclic) bond motifs is 1. The number of nitro groups is 1. The van der Waals surface area contributed by atoms with Crippen molar-refractivity contribution < 1.29 is 19.6 Å². The number of nitrogens with zero attached hydrogens (tertiary/aromatic N) is 3. The lowest BCUT2D eigenvalue weighted by atomic mass is 10.00. The zero-order chi connectivity index (χ0) is 28.9. The number of benzene rings is 5. The van der Waals surface area contributed by atoms with Gasteiger partial charge in [-0.1, -0.05) is 48.5 Å². The van der Waals surface area contributed by atoms with Gasteiger partial charge in [0, 0.05) is 34.5 Å². The van der Waals surface area contributed by atoms with Crippen molar-refractivity contribution in [3.8, 4) is 5.75 Å². The fraction of sp³-hybridized carbons (Fsp3) is 0.0323. The van der Waals surface area contributed by atoms with Gasteiger partial charge in [-0.05, 0) is 60.3 Å². The van der Waals surface area contributed by atoms with E-state index in [0.29, 0.717) is 33.3 Å². The molecule has 41 heavy (non-hydrogen) atoms. The monoisotopic (exact) mass is 545 g/mol. The van der Waals surface area contributed by atoms with Crippen molar-refractivity contribution >= 4 is 51.0 Å². The fourth-order valence-corrected chi connectivity index (χ4v) is 4.16. The van der Waals surface area contributed by atoms with Gasteiger partial charge in [-0.2, -0.15) is 0 Å². The minimum atomic E-state index is -0.599. The first-order valence-corrected chi connectivity index (χ1v) is 12.5. The Labute approximate surface area is 234 Å². The number of carbonyl (C=O) groups is 2. The molecule has 0 fully saturated rings. The zero-order valence-corrected chi connectivity index (χ0v) is 21.7. The van der Waals surface area contributed by atoms with Crippen molar-refractivity contribution in [3.63, 3.8) is 0 Å². The maximum Gasteiger partial charge on any atom is 0.271 e. The molecular formula is C31H23N5O5. The van der Waals surface area contributed by atoms with E-state index in [1.807, 2.05) is 6.07 Å². The summed E-state index contributed by atoms with van der Waals surface area (Å²) < 4.78 is 0. The number of aryl methyl sites for hydroxylation is 1. The van der Waals surface area contributed by atoms with Crippen LogP contribution in [0.15, 0.2) is 113 Å². The van der Waals surface area contributed by atoms with Gasteiger partial charge in [-0.15, -0.1) is 10.2 Å². The molecule has 5 aromatic carbocycles. The van der Waals surface area contributed by atoms with Crippen molar-refractivity contribution in [2.45, 2.75) is 6.92 Å². The van der Waals surface area contributed by atoms with Gasteiger partial charge in [-0.25, -0.2) is 0 Å². The van der Waals surface area contributed by atoms with Gasteiger partial charge in [0.15, 0.2) is 5.75 Å². The smallest absolute Gasteiger partial charge is 0.271 e. The molecule has 0 heterocycles. The van der Waals surface area contributed by atoms with Crippen LogP contribution in [-0.4, -0.2) is 21.8 Å². The van der Waals surface area contributed by atoms with Gasteiger partial charge in [0.05, 0.1) is 16.2 Å². The van der Waals surface area contributed by atoms with Crippen LogP contribution in [0.1, 0.15) is 26.3 Å². The normalized spacial score (nSPS) is 11.0. The van der Waals surface area contributed by atoms with Gasteiger partial charge >= 0.3 is 0 Å². The standard InChI is InChI=1S/C31H23N5O5/c1-19-12-14-24(36(40)41)18-27(19)34-35-28-25-15-13-20(30(38)32-22-8-4-2-5-9-22)16-21(25)17-26(29(28)37)31(39)33-23-10-6-3-7-11-23/h2-18,37H,1H3,(H,32,38)(H,33,39). The number of hydrogen-bond donors (Lipinski definition) is 3. The molecule has 0 spiro atoms. The summed E-state index contributed by atoms with van der Waals surface area (Å²) in [5.41, 5.74) is 2.03. The Balaban J connectivity index is 1.60. The predicted molar refractivity (Wildman–Crippen MR) is 156 cm³/mol. The molecule has 5 rings (SSSR count). The largest absolute Gasteiger partial charge is 0.505 e. The second kappa shape index (κ2) is 11.5. The number of phenols is 1. The lowest BCUT2D eigenvalue weighted by Crippen LogP contribution is -2.13. The Morgan fingerprint density at radius 1 is 0.780 bits per heavy atom. The van der Waals surface area contributed by atoms with Gasteiger partial charge in [0.1, 0.15) is 5.69 Å². The number of aromatic hydroxyl groups is 1. The summed E-state index contributed by atoms with van der Waals surface area (Å²) in [6, 6.07) is 28.1. The van der Waals surface area contributed by atoms with E-state index in [-0.39, 0.29) is 28.5 Å². The molecule has 0 bridgehead atoms. The molecule has 0 atom stereocenters. The number of rotatable bonds is 7. The number of azo groups is 1. The van der Waals surface area contributed by atoms with Crippen LogP contribution in [0, 0.1) is 17.0 Å². The van der Waals surface area contributed by atoms with Crippen molar-refractivity contribution in [2.75, 3.05) is 10.6 Å². The number of nitrogens with one attached hydrogen (secondary N) is 2. The summed E-state index contributed by atoms with van der Waals surface area (Å²) in [6.45, 7) is 1.72. The molecule has 2 amide bonds. The molecule has 0 aliphatic heterocycles. The van der Waals surface area contributed by atoms with Crippen LogP contribution in [0.3, 0.4) is 0 Å². The van der Waals surface area contributed by atoms with Crippen LogP contribution in [0.2, 0.25) is 0 Å². The van der Waals surface area contributed by atoms with Crippen molar-refractivity contribution in [2.24, 2.45) is 10.2 Å². The van der Waals surface area contributed by atoms with Crippen LogP contribution in [0.25, 0.3) is 10.8 Å². The number of phenolic OH excluding ortho intramolecular Hbond substituents is 1. The Bertz CT molecular complexity index is 1820. The van der Waals surface area contributed by atoms with E-state index >= 15 is 0 Å². The first-order valence-electron chi connectivity index (χ1n) is 12.5. The molecule has 0 aromatic heterocycles. The summed E-state index contributed by atoms with van der Waals surface area (Å²) in [5.74, 6) is -1.39. The molecule has 0 aliphatic carbocycles. The number of nitro benzene ring substituents is 1. The Morgan fingerprint density at radius 2 is 1.41 bits per heavy atom. The Kier molecular flexibility index (Phi) is 7.46. The quantitative estimate of drug-likeness (QED) is 0.109. The summed E-state index contributed by atoms with van der Waals surface area (Å²) in [7, 11) is 0. The lowest BCUT2D eigenvalue weighted by Gasteiger charge is -2.12. The minimum absolute atomic E-state index is 0.0263. The van der Waals surface area contributed by atoms with Crippen LogP contribution >= 0.6 is 0 Å². The SMILES string of the molecule is Cc1ccc([N+](=O)[O-])cc1N=Nc1c(O)c(C(=O)Nc2ccccc2)cc2cc(C(=O)Nc3ccccc3)ccc12. The van der Waals surface area contributed by atoms with E-state index in [1.54, 1.807) is 85.8 Å². The van der Waals surface area contributed by atoms with Gasteiger partial charge < -0.3 is 15.7 Å². The molecule has 202 valence electrons. The maximum absolute atomic E-state index is 13.2. The first kappa shape index (κ1) is 26.7. The molecule has 0 aliphatic rings. The molecule has 0 unspecified atom stereocenters. The molecule has 0 radical (unpaired) electrons. The molecule has 5 aromatic rings. The highest BCUT2D eigenvalue weighted by Gasteiger charge is 2.20. The third-order valence-corrected chi connectivity index (χ3v) is 6.32. The van der Waals surface area contributed by atoms with E-state index < -0.39 is 16.6 Å². The number of anilines is 2. The van der Waals surface area contributed by atoms with E-state index in [2.05, 4.69) is 20.9 Å². The van der Waals surface area contributed by atoms with Crippen molar-refractivity contribution in [3.05, 3.63) is 130 Å². The number of carbonyl (C=O) groups excluding carboxylic acids is 2. The van der Waals surface area contributed by atoms with Gasteiger partial charge in [0.2, 0.25) is 0 Å². The molecule has 0 saturated carbocycles. The van der Waals surface area contributed by atoms with E-state index in [9.17, 15) is 24.8 Å². The topological polar surface area (TPSA) is 146 Å². The number of hydrogen-bond acceptors (Lipinski definition) is 7. The molecule has 3 N–H and O–H groups in total. The van der Waals surface area contributed by atoms with Gasteiger partial charge in [-0.3, -0.25) is 19.7 Å². The average Bonchev–Trinajstić information content (AvgIpc) is 2.97. The molecule has 0 saturated heterocycles. The predicted octanol–water partition coefficient (Wildman–Crippen LogP) is 7.68. The maximum atomic E-state index is 13.2. The summed E-state index contributed by atoms with van der Waals surface area (Å²) in [6.07, 6.45) is 0. The van der Waals surface area contributed by atoms with Crippen molar-refractivity contribution in [1.29, 1.82) is 0 Å². The van der Waals surface area contributed by atoms with Gasteiger partial charge in [0.25, 0.3) is 17.5 Å². The first-order chi connectivity index (χ1) is 19.8. The zero-order valence-electron chi connectivity index (χ0n) is 21.7. The third-order valence-electron chi connectivity index (χ3n) is 6.32. The third kappa shape index (κ3) is 5.91. The lowest BCUT2D eigenvalue weighted by molar-refractivity contribution is -0.384. The van der Waals surface area contributed by atoms with Crippen LogP contribution < -0.4 is 10.6 Å². The number of non-ortho nitro benzene ring substituents is 1. The van der Waals surface area contributed by atoms with Crippen LogP contribution in [0.5, 0.6) is 5.75 Å².